The van der Waals surface area contributed by atoms with Gasteiger partial charge in [0.15, 0.2) is 5.76 Å². The van der Waals surface area contributed by atoms with Gasteiger partial charge in [-0.15, -0.1) is 5.10 Å². The Morgan fingerprint density at radius 2 is 1.74 bits per heavy atom. The molecular weight excluding hydrogens is 444 g/mol. The number of nitrogens with one attached hydrogen (secondary N) is 1. The maximum Gasteiger partial charge on any atom is 0.322 e. The number of carbonyl (C=O) groups is 1. The van der Waals surface area contributed by atoms with E-state index in [1.54, 1.807) is 19.2 Å². The average Bonchev–Trinajstić information content (AvgIpc) is 3.59. The Balaban J connectivity index is 1.42. The summed E-state index contributed by atoms with van der Waals surface area (Å²) in [6.45, 7) is 0. The number of rotatable bonds is 5. The molecule has 6 rings (SSSR count). The molecule has 0 saturated carbocycles. The standard InChI is InChI=1S/C27H18N4O4/c1-33-20-11-10-16-13-19(9-8-17(16)14-20)24-21(15-18-5-2-3-6-22(18)28-24)25(32)29-27-31-30-26(35-27)23-7-4-12-34-23/h2-15H,1H3,(H,29,31,32). The van der Waals surface area contributed by atoms with Gasteiger partial charge in [-0.3, -0.25) is 10.1 Å². The predicted molar refractivity (Wildman–Crippen MR) is 131 cm³/mol. The van der Waals surface area contributed by atoms with Crippen molar-refractivity contribution in [3.63, 3.8) is 0 Å². The van der Waals surface area contributed by atoms with E-state index in [2.05, 4.69) is 15.5 Å². The van der Waals surface area contributed by atoms with Crippen molar-refractivity contribution in [2.75, 3.05) is 12.4 Å². The minimum absolute atomic E-state index is 0.0360. The lowest BCUT2D eigenvalue weighted by atomic mass is 9.99. The van der Waals surface area contributed by atoms with Gasteiger partial charge in [0.2, 0.25) is 0 Å². The molecule has 0 atom stereocenters. The Morgan fingerprint density at radius 1 is 0.886 bits per heavy atom. The maximum atomic E-state index is 13.4. The van der Waals surface area contributed by atoms with E-state index in [1.807, 2.05) is 66.7 Å². The Labute approximate surface area is 199 Å². The molecule has 170 valence electrons. The van der Waals surface area contributed by atoms with Crippen molar-refractivity contribution in [1.29, 1.82) is 0 Å². The zero-order valence-corrected chi connectivity index (χ0v) is 18.6. The smallest absolute Gasteiger partial charge is 0.322 e. The van der Waals surface area contributed by atoms with E-state index < -0.39 is 5.91 Å². The first-order valence-corrected chi connectivity index (χ1v) is 10.8. The van der Waals surface area contributed by atoms with Crippen LogP contribution in [0, 0.1) is 0 Å². The van der Waals surface area contributed by atoms with E-state index in [0.29, 0.717) is 17.0 Å². The van der Waals surface area contributed by atoms with Crippen LogP contribution in [0.15, 0.2) is 94.0 Å². The molecule has 1 N–H and O–H groups in total. The highest BCUT2D eigenvalue weighted by atomic mass is 16.5. The van der Waals surface area contributed by atoms with Crippen molar-refractivity contribution in [3.8, 4) is 28.7 Å². The fourth-order valence-corrected chi connectivity index (χ4v) is 3.95. The van der Waals surface area contributed by atoms with E-state index in [1.165, 1.54) is 6.26 Å². The summed E-state index contributed by atoms with van der Waals surface area (Å²) in [5.41, 5.74) is 2.52. The molecule has 3 heterocycles. The predicted octanol–water partition coefficient (Wildman–Crippen LogP) is 5.96. The Hall–Kier alpha value is -4.98. The van der Waals surface area contributed by atoms with Crippen LogP contribution < -0.4 is 10.1 Å². The zero-order chi connectivity index (χ0) is 23.8. The molecule has 8 nitrogen and oxygen atoms in total. The molecule has 6 aromatic rings. The first-order chi connectivity index (χ1) is 17.2. The quantitative estimate of drug-likeness (QED) is 0.337. The summed E-state index contributed by atoms with van der Waals surface area (Å²) in [4.78, 5) is 18.2. The first-order valence-electron chi connectivity index (χ1n) is 10.8. The number of furan rings is 1. The SMILES string of the molecule is COc1ccc2cc(-c3nc4ccccc4cc3C(=O)Nc3nnc(-c4ccco4)o3)ccc2c1. The summed E-state index contributed by atoms with van der Waals surface area (Å²) >= 11 is 0. The van der Waals surface area contributed by atoms with Crippen molar-refractivity contribution in [3.05, 3.63) is 90.7 Å². The number of amides is 1. The molecule has 0 aliphatic heterocycles. The number of methoxy groups -OCH3 is 1. The van der Waals surface area contributed by atoms with Crippen molar-refractivity contribution in [2.24, 2.45) is 0 Å². The molecule has 0 unspecified atom stereocenters. The summed E-state index contributed by atoms with van der Waals surface area (Å²) in [6, 6.07) is 24.6. The highest BCUT2D eigenvalue weighted by molar-refractivity contribution is 6.09. The summed E-state index contributed by atoms with van der Waals surface area (Å²) < 4.78 is 16.1. The summed E-state index contributed by atoms with van der Waals surface area (Å²) in [5.74, 6) is 0.955. The van der Waals surface area contributed by atoms with Gasteiger partial charge < -0.3 is 13.6 Å². The molecule has 0 aliphatic carbocycles. The second-order valence-electron chi connectivity index (χ2n) is 7.85. The lowest BCUT2D eigenvalue weighted by Gasteiger charge is -2.11. The Morgan fingerprint density at radius 3 is 2.60 bits per heavy atom. The molecule has 8 heteroatoms. The first kappa shape index (κ1) is 20.6. The number of anilines is 1. The molecule has 0 radical (unpaired) electrons. The van der Waals surface area contributed by atoms with Crippen molar-refractivity contribution in [2.45, 2.75) is 0 Å². The Kier molecular flexibility index (Phi) is 4.96. The fourth-order valence-electron chi connectivity index (χ4n) is 3.95. The molecule has 0 fully saturated rings. The van der Waals surface area contributed by atoms with Crippen LogP contribution in [-0.4, -0.2) is 28.2 Å². The summed E-state index contributed by atoms with van der Waals surface area (Å²) in [5, 5.41) is 13.4. The van der Waals surface area contributed by atoms with Gasteiger partial charge in [-0.2, -0.15) is 0 Å². The van der Waals surface area contributed by atoms with Crippen LogP contribution in [-0.2, 0) is 0 Å². The van der Waals surface area contributed by atoms with E-state index in [0.717, 1.165) is 33.0 Å². The van der Waals surface area contributed by atoms with Crippen LogP contribution in [0.25, 0.3) is 44.6 Å². The van der Waals surface area contributed by atoms with Crippen LogP contribution in [0.3, 0.4) is 0 Å². The van der Waals surface area contributed by atoms with Gasteiger partial charge in [0.1, 0.15) is 5.75 Å². The highest BCUT2D eigenvalue weighted by Crippen LogP contribution is 2.31. The second kappa shape index (κ2) is 8.42. The van der Waals surface area contributed by atoms with Gasteiger partial charge in [0.05, 0.1) is 30.1 Å². The van der Waals surface area contributed by atoms with Crippen LogP contribution in [0.2, 0.25) is 0 Å². The molecule has 0 saturated heterocycles. The number of hydrogen-bond acceptors (Lipinski definition) is 7. The second-order valence-corrected chi connectivity index (χ2v) is 7.85. The number of ether oxygens (including phenoxy) is 1. The number of para-hydroxylation sites is 1. The topological polar surface area (TPSA) is 103 Å². The third kappa shape index (κ3) is 3.87. The van der Waals surface area contributed by atoms with Gasteiger partial charge in [-0.1, -0.05) is 41.5 Å². The van der Waals surface area contributed by atoms with Gasteiger partial charge in [-0.25, -0.2) is 4.98 Å². The minimum Gasteiger partial charge on any atom is -0.497 e. The Bertz CT molecular complexity index is 1690. The van der Waals surface area contributed by atoms with E-state index in [-0.39, 0.29) is 11.9 Å². The number of benzene rings is 3. The van der Waals surface area contributed by atoms with Gasteiger partial charge in [-0.05, 0) is 53.2 Å². The summed E-state index contributed by atoms with van der Waals surface area (Å²) in [6.07, 6.45) is 1.50. The molecule has 0 aliphatic rings. The van der Waals surface area contributed by atoms with E-state index in [4.69, 9.17) is 18.6 Å². The molecule has 0 bridgehead atoms. The number of carbonyl (C=O) groups excluding carboxylic acids is 1. The fraction of sp³-hybridized carbons (Fsp3) is 0.0370. The van der Waals surface area contributed by atoms with Crippen LogP contribution in [0.1, 0.15) is 10.4 Å². The number of fused-ring (bicyclic) bond motifs is 2. The molecule has 3 aromatic heterocycles. The van der Waals surface area contributed by atoms with Gasteiger partial charge in [0.25, 0.3) is 11.8 Å². The van der Waals surface area contributed by atoms with Crippen LogP contribution >= 0.6 is 0 Å². The van der Waals surface area contributed by atoms with Gasteiger partial charge >= 0.3 is 6.01 Å². The maximum absolute atomic E-state index is 13.4. The normalized spacial score (nSPS) is 11.1. The minimum atomic E-state index is -0.414. The number of pyridine rings is 1. The lowest BCUT2D eigenvalue weighted by Crippen LogP contribution is -2.14. The molecule has 3 aromatic carbocycles. The molecular formula is C27H18N4O4. The molecule has 0 spiro atoms. The van der Waals surface area contributed by atoms with Crippen LogP contribution in [0.5, 0.6) is 5.75 Å². The van der Waals surface area contributed by atoms with Crippen molar-refractivity contribution >= 4 is 33.6 Å². The van der Waals surface area contributed by atoms with Crippen molar-refractivity contribution < 1.29 is 18.4 Å². The molecule has 35 heavy (non-hydrogen) atoms. The van der Waals surface area contributed by atoms with E-state index in [9.17, 15) is 4.79 Å². The van der Waals surface area contributed by atoms with E-state index >= 15 is 0 Å². The largest absolute Gasteiger partial charge is 0.497 e. The van der Waals surface area contributed by atoms with Gasteiger partial charge in [0, 0.05) is 10.9 Å². The third-order valence-electron chi connectivity index (χ3n) is 5.67. The van der Waals surface area contributed by atoms with Crippen LogP contribution in [0.4, 0.5) is 6.01 Å². The number of aromatic nitrogens is 3. The number of nitrogens with zero attached hydrogens (tertiary/aromatic N) is 3. The monoisotopic (exact) mass is 462 g/mol. The summed E-state index contributed by atoms with van der Waals surface area (Å²) in [7, 11) is 1.64. The highest BCUT2D eigenvalue weighted by Gasteiger charge is 2.20. The van der Waals surface area contributed by atoms with Crippen molar-refractivity contribution in [1.82, 2.24) is 15.2 Å². The molecule has 1 amide bonds. The lowest BCUT2D eigenvalue weighted by molar-refractivity contribution is 0.102. The number of hydrogen-bond donors (Lipinski definition) is 1. The third-order valence-corrected chi connectivity index (χ3v) is 5.67. The average molecular weight is 462 g/mol. The zero-order valence-electron chi connectivity index (χ0n) is 18.6.